The first kappa shape index (κ1) is 14.8. The molecule has 0 atom stereocenters. The Bertz CT molecular complexity index is 690. The van der Waals surface area contributed by atoms with E-state index >= 15 is 0 Å². The van der Waals surface area contributed by atoms with Gasteiger partial charge in [0.1, 0.15) is 0 Å². The SMILES string of the molecule is Cc1ccc(S(=O)(=O)SCC(=O)c2ccccc2)cc1. The van der Waals surface area contributed by atoms with Gasteiger partial charge in [0, 0.05) is 5.56 Å². The smallest absolute Gasteiger partial charge is 0.230 e. The molecule has 104 valence electrons. The maximum Gasteiger partial charge on any atom is 0.230 e. The van der Waals surface area contributed by atoms with Crippen molar-refractivity contribution in [2.24, 2.45) is 0 Å². The van der Waals surface area contributed by atoms with Gasteiger partial charge in [-0.2, -0.15) is 0 Å². The quantitative estimate of drug-likeness (QED) is 0.628. The summed E-state index contributed by atoms with van der Waals surface area (Å²) in [7, 11) is -2.82. The van der Waals surface area contributed by atoms with Gasteiger partial charge in [-0.05, 0) is 29.9 Å². The Morgan fingerprint density at radius 1 is 1.00 bits per heavy atom. The molecular weight excluding hydrogens is 292 g/mol. The molecular formula is C15H14O3S2. The van der Waals surface area contributed by atoms with Crippen molar-refractivity contribution in [3.63, 3.8) is 0 Å². The monoisotopic (exact) mass is 306 g/mol. The molecule has 2 rings (SSSR count). The van der Waals surface area contributed by atoms with Gasteiger partial charge in [-0.25, -0.2) is 8.42 Å². The molecule has 0 saturated carbocycles. The van der Waals surface area contributed by atoms with Crippen LogP contribution in [0.15, 0.2) is 59.5 Å². The average Bonchev–Trinajstić information content (AvgIpc) is 2.46. The number of aryl methyl sites for hydroxylation is 1. The Morgan fingerprint density at radius 2 is 1.60 bits per heavy atom. The summed E-state index contributed by atoms with van der Waals surface area (Å²) in [5, 5.41) is 0. The van der Waals surface area contributed by atoms with Crippen LogP contribution in [-0.4, -0.2) is 20.0 Å². The maximum absolute atomic E-state index is 12.1. The van der Waals surface area contributed by atoms with Crippen molar-refractivity contribution in [3.05, 3.63) is 65.7 Å². The van der Waals surface area contributed by atoms with Crippen molar-refractivity contribution in [2.75, 3.05) is 5.75 Å². The van der Waals surface area contributed by atoms with Gasteiger partial charge >= 0.3 is 0 Å². The number of Topliss-reactive ketones (excluding diaryl/α,β-unsaturated/α-hetero) is 1. The van der Waals surface area contributed by atoms with E-state index in [0.29, 0.717) is 16.4 Å². The van der Waals surface area contributed by atoms with Gasteiger partial charge in [-0.15, -0.1) is 0 Å². The van der Waals surface area contributed by atoms with E-state index in [0.717, 1.165) is 5.56 Å². The molecule has 0 radical (unpaired) electrons. The lowest BCUT2D eigenvalue weighted by Crippen LogP contribution is -2.05. The van der Waals surface area contributed by atoms with E-state index < -0.39 is 8.87 Å². The molecule has 20 heavy (non-hydrogen) atoms. The summed E-state index contributed by atoms with van der Waals surface area (Å²) in [5.41, 5.74) is 1.52. The van der Waals surface area contributed by atoms with Crippen LogP contribution in [0.5, 0.6) is 0 Å². The molecule has 2 aromatic rings. The summed E-state index contributed by atoms with van der Waals surface area (Å²) in [5.74, 6) is -0.272. The predicted molar refractivity (Wildman–Crippen MR) is 81.6 cm³/mol. The van der Waals surface area contributed by atoms with E-state index in [1.54, 1.807) is 48.5 Å². The Kier molecular flexibility index (Phi) is 4.62. The first-order chi connectivity index (χ1) is 9.49. The molecule has 5 heteroatoms. The second kappa shape index (κ2) is 6.24. The number of carbonyl (C=O) groups is 1. The maximum atomic E-state index is 12.1. The highest BCUT2D eigenvalue weighted by molar-refractivity contribution is 8.72. The number of benzene rings is 2. The lowest BCUT2D eigenvalue weighted by atomic mass is 10.2. The van der Waals surface area contributed by atoms with Crippen molar-refractivity contribution in [1.82, 2.24) is 0 Å². The van der Waals surface area contributed by atoms with E-state index in [4.69, 9.17) is 0 Å². The van der Waals surface area contributed by atoms with Crippen LogP contribution in [0, 0.1) is 6.92 Å². The summed E-state index contributed by atoms with van der Waals surface area (Å²) in [6.07, 6.45) is 0. The van der Waals surface area contributed by atoms with E-state index in [2.05, 4.69) is 0 Å². The molecule has 0 amide bonds. The van der Waals surface area contributed by atoms with E-state index in [1.165, 1.54) is 0 Å². The topological polar surface area (TPSA) is 51.2 Å². The second-order valence-electron chi connectivity index (χ2n) is 4.32. The molecule has 0 saturated heterocycles. The van der Waals surface area contributed by atoms with E-state index in [1.807, 2.05) is 13.0 Å². The van der Waals surface area contributed by atoms with Crippen LogP contribution in [0.4, 0.5) is 0 Å². The van der Waals surface area contributed by atoms with Crippen LogP contribution >= 0.6 is 10.8 Å². The highest BCUT2D eigenvalue weighted by Gasteiger charge is 2.17. The van der Waals surface area contributed by atoms with Crippen LogP contribution < -0.4 is 0 Å². The fraction of sp³-hybridized carbons (Fsp3) is 0.133. The van der Waals surface area contributed by atoms with Gasteiger partial charge in [0.2, 0.25) is 8.87 Å². The van der Waals surface area contributed by atoms with Gasteiger partial charge in [0.25, 0.3) is 0 Å². The van der Waals surface area contributed by atoms with Crippen LogP contribution in [0.2, 0.25) is 0 Å². The summed E-state index contributed by atoms with van der Waals surface area (Å²) in [6.45, 7) is 1.89. The van der Waals surface area contributed by atoms with E-state index in [9.17, 15) is 13.2 Å². The van der Waals surface area contributed by atoms with Gasteiger partial charge in [-0.1, -0.05) is 48.0 Å². The molecule has 0 aliphatic heterocycles. The third-order valence-electron chi connectivity index (χ3n) is 2.75. The molecule has 3 nitrogen and oxygen atoms in total. The van der Waals surface area contributed by atoms with Crippen LogP contribution in [-0.2, 0) is 8.87 Å². The van der Waals surface area contributed by atoms with Crippen molar-refractivity contribution in [3.8, 4) is 0 Å². The Hall–Kier alpha value is -1.59. The molecule has 0 heterocycles. The zero-order chi connectivity index (χ0) is 14.6. The number of rotatable bonds is 5. The first-order valence-electron chi connectivity index (χ1n) is 6.03. The minimum absolute atomic E-state index is 0.0831. The molecule has 0 unspecified atom stereocenters. The van der Waals surface area contributed by atoms with Gasteiger partial charge in [-0.3, -0.25) is 4.79 Å². The highest BCUT2D eigenvalue weighted by atomic mass is 33.1. The molecule has 2 aromatic carbocycles. The third-order valence-corrected chi connectivity index (χ3v) is 6.15. The Balaban J connectivity index is 2.06. The molecule has 0 spiro atoms. The zero-order valence-corrected chi connectivity index (χ0v) is 12.6. The highest BCUT2D eigenvalue weighted by Crippen LogP contribution is 2.24. The normalized spacial score (nSPS) is 11.2. The van der Waals surface area contributed by atoms with Crippen molar-refractivity contribution < 1.29 is 13.2 Å². The van der Waals surface area contributed by atoms with Crippen LogP contribution in [0.25, 0.3) is 0 Å². The van der Waals surface area contributed by atoms with Gasteiger partial charge in [0.15, 0.2) is 5.78 Å². The number of ketones is 1. The third kappa shape index (κ3) is 3.71. The second-order valence-corrected chi connectivity index (χ2v) is 8.25. The minimum Gasteiger partial charge on any atom is -0.293 e. The summed E-state index contributed by atoms with van der Waals surface area (Å²) in [6, 6.07) is 15.3. The number of hydrogen-bond acceptors (Lipinski definition) is 4. The number of hydrogen-bond donors (Lipinski definition) is 0. The Labute approximate surface area is 122 Å². The zero-order valence-electron chi connectivity index (χ0n) is 10.9. The molecule has 0 aliphatic carbocycles. The van der Waals surface area contributed by atoms with E-state index in [-0.39, 0.29) is 16.4 Å². The molecule has 0 bridgehead atoms. The Morgan fingerprint density at radius 3 is 2.20 bits per heavy atom. The fourth-order valence-corrected chi connectivity index (χ4v) is 4.17. The minimum atomic E-state index is -3.48. The van der Waals surface area contributed by atoms with Gasteiger partial charge < -0.3 is 0 Å². The lowest BCUT2D eigenvalue weighted by Gasteiger charge is -2.04. The molecule has 0 N–H and O–H groups in total. The summed E-state index contributed by atoms with van der Waals surface area (Å²) < 4.78 is 24.2. The standard InChI is InChI=1S/C15H14O3S2/c1-12-7-9-14(10-8-12)20(17,18)19-11-15(16)13-5-3-2-4-6-13/h2-10H,11H2,1H3. The first-order valence-corrected chi connectivity index (χ1v) is 9.02. The van der Waals surface area contributed by atoms with Crippen molar-refractivity contribution in [2.45, 2.75) is 11.8 Å². The summed E-state index contributed by atoms with van der Waals surface area (Å²) >= 11 is 0. The lowest BCUT2D eigenvalue weighted by molar-refractivity contribution is 0.102. The molecule has 0 aliphatic rings. The predicted octanol–water partition coefficient (Wildman–Crippen LogP) is 3.30. The average molecular weight is 306 g/mol. The van der Waals surface area contributed by atoms with Crippen LogP contribution in [0.1, 0.15) is 15.9 Å². The fourth-order valence-electron chi connectivity index (χ4n) is 1.61. The van der Waals surface area contributed by atoms with Crippen molar-refractivity contribution in [1.29, 1.82) is 0 Å². The van der Waals surface area contributed by atoms with Crippen molar-refractivity contribution >= 4 is 25.4 Å². The summed E-state index contributed by atoms with van der Waals surface area (Å²) in [4.78, 5) is 12.1. The molecule has 0 fully saturated rings. The van der Waals surface area contributed by atoms with Crippen LogP contribution in [0.3, 0.4) is 0 Å². The van der Waals surface area contributed by atoms with Gasteiger partial charge in [0.05, 0.1) is 10.6 Å². The largest absolute Gasteiger partial charge is 0.293 e. The molecule has 0 aromatic heterocycles. The number of carbonyl (C=O) groups excluding carboxylic acids is 1.